The number of hydrogen-bond donors (Lipinski definition) is 0. The summed E-state index contributed by atoms with van der Waals surface area (Å²) < 4.78 is 62.3. The molecular weight excluding hydrogens is 397 g/mol. The second-order valence-electron chi connectivity index (χ2n) is 7.93. The van der Waals surface area contributed by atoms with Gasteiger partial charge in [-0.15, -0.1) is 0 Å². The fraction of sp³-hybridized carbons (Fsp3) is 0.304. The number of rotatable bonds is 3. The van der Waals surface area contributed by atoms with Crippen LogP contribution in [0.4, 0.5) is 13.2 Å². The molecule has 6 heteroatoms. The minimum absolute atomic E-state index is 0.0666. The first-order chi connectivity index (χ1) is 13.6. The van der Waals surface area contributed by atoms with Crippen LogP contribution in [0.25, 0.3) is 11.1 Å². The lowest BCUT2D eigenvalue weighted by molar-refractivity contribution is -0.137. The molecule has 2 aliphatic rings. The molecule has 1 fully saturated rings. The van der Waals surface area contributed by atoms with E-state index in [2.05, 4.69) is 12.2 Å². The minimum Gasteiger partial charge on any atom is -0.224 e. The maximum atomic E-state index is 12.9. The normalized spacial score (nSPS) is 18.8. The van der Waals surface area contributed by atoms with Crippen molar-refractivity contribution in [2.24, 2.45) is 5.41 Å². The summed E-state index contributed by atoms with van der Waals surface area (Å²) in [5.74, 6) is 0. The van der Waals surface area contributed by atoms with Crippen molar-refractivity contribution in [1.29, 1.82) is 0 Å². The Bertz CT molecular complexity index is 1080. The zero-order chi connectivity index (χ0) is 20.9. The van der Waals surface area contributed by atoms with Crippen LogP contribution in [0.1, 0.15) is 42.4 Å². The monoisotopic (exact) mass is 418 g/mol. The SMILES string of the molecule is CS(=O)(=O)c1ccc(C2=CC3(C=C2c2ccc(C(F)(F)F)cc2)CCCC3)cc1. The number of allylic oxidation sites excluding steroid dienone is 4. The summed E-state index contributed by atoms with van der Waals surface area (Å²) in [4.78, 5) is 0.246. The molecule has 2 aromatic carbocycles. The molecule has 29 heavy (non-hydrogen) atoms. The van der Waals surface area contributed by atoms with Crippen molar-refractivity contribution in [3.63, 3.8) is 0 Å². The van der Waals surface area contributed by atoms with E-state index in [0.717, 1.165) is 66.3 Å². The van der Waals surface area contributed by atoms with E-state index < -0.39 is 21.6 Å². The van der Waals surface area contributed by atoms with Gasteiger partial charge in [-0.1, -0.05) is 49.3 Å². The second-order valence-corrected chi connectivity index (χ2v) is 9.94. The van der Waals surface area contributed by atoms with E-state index in [4.69, 9.17) is 0 Å². The van der Waals surface area contributed by atoms with Crippen LogP contribution in [-0.4, -0.2) is 14.7 Å². The molecular formula is C23H21F3O2S. The summed E-state index contributed by atoms with van der Waals surface area (Å²) in [7, 11) is -3.29. The van der Waals surface area contributed by atoms with E-state index in [1.165, 1.54) is 12.1 Å². The van der Waals surface area contributed by atoms with Crippen molar-refractivity contribution in [2.45, 2.75) is 36.8 Å². The Morgan fingerprint density at radius 2 is 1.24 bits per heavy atom. The zero-order valence-corrected chi connectivity index (χ0v) is 16.8. The largest absolute Gasteiger partial charge is 0.416 e. The first-order valence-corrected chi connectivity index (χ1v) is 11.4. The highest BCUT2D eigenvalue weighted by Crippen LogP contribution is 2.52. The van der Waals surface area contributed by atoms with Gasteiger partial charge in [0.25, 0.3) is 0 Å². The Hall–Kier alpha value is -2.34. The molecule has 0 radical (unpaired) electrons. The van der Waals surface area contributed by atoms with Crippen LogP contribution >= 0.6 is 0 Å². The summed E-state index contributed by atoms with van der Waals surface area (Å²) in [5.41, 5.74) is 2.73. The van der Waals surface area contributed by atoms with Crippen LogP contribution in [0.2, 0.25) is 0 Å². The summed E-state index contributed by atoms with van der Waals surface area (Å²) in [6.45, 7) is 0. The molecule has 0 saturated heterocycles. The summed E-state index contributed by atoms with van der Waals surface area (Å²) in [6, 6.07) is 12.0. The van der Waals surface area contributed by atoms with Gasteiger partial charge in [0.15, 0.2) is 9.84 Å². The highest BCUT2D eigenvalue weighted by Gasteiger charge is 2.36. The number of benzene rings is 2. The molecule has 152 valence electrons. The third-order valence-electron chi connectivity index (χ3n) is 5.80. The lowest BCUT2D eigenvalue weighted by Gasteiger charge is -2.16. The van der Waals surface area contributed by atoms with Crippen molar-refractivity contribution >= 4 is 21.0 Å². The molecule has 0 bridgehead atoms. The van der Waals surface area contributed by atoms with Crippen LogP contribution in [0.3, 0.4) is 0 Å². The predicted octanol–water partition coefficient (Wildman–Crippen LogP) is 6.15. The average molecular weight is 418 g/mol. The van der Waals surface area contributed by atoms with Crippen LogP contribution in [-0.2, 0) is 16.0 Å². The first kappa shape index (κ1) is 20.0. The molecule has 1 saturated carbocycles. The molecule has 1 spiro atoms. The van der Waals surface area contributed by atoms with Crippen LogP contribution in [0.5, 0.6) is 0 Å². The van der Waals surface area contributed by atoms with Gasteiger partial charge in [0.05, 0.1) is 10.5 Å². The van der Waals surface area contributed by atoms with Gasteiger partial charge in [-0.25, -0.2) is 8.42 Å². The van der Waals surface area contributed by atoms with E-state index in [9.17, 15) is 21.6 Å². The standard InChI is InChI=1S/C23H21F3O2S/c1-29(27,28)19-10-6-17(7-11-19)21-15-22(12-2-3-13-22)14-20(21)16-4-8-18(9-5-16)23(24,25)26/h4-11,14-15H,2-3,12-13H2,1H3. The lowest BCUT2D eigenvalue weighted by Crippen LogP contribution is -2.05. The Balaban J connectivity index is 1.76. The molecule has 4 rings (SSSR count). The number of alkyl halides is 3. The van der Waals surface area contributed by atoms with E-state index >= 15 is 0 Å². The van der Waals surface area contributed by atoms with Crippen LogP contribution in [0.15, 0.2) is 65.6 Å². The molecule has 0 aliphatic heterocycles. The zero-order valence-electron chi connectivity index (χ0n) is 16.0. The molecule has 2 aliphatic carbocycles. The highest BCUT2D eigenvalue weighted by molar-refractivity contribution is 7.90. The van der Waals surface area contributed by atoms with Crippen molar-refractivity contribution in [3.8, 4) is 0 Å². The summed E-state index contributed by atoms with van der Waals surface area (Å²) >= 11 is 0. The Morgan fingerprint density at radius 1 is 0.793 bits per heavy atom. The average Bonchev–Trinajstić information content (AvgIpc) is 3.28. The fourth-order valence-corrected chi connectivity index (χ4v) is 4.92. The molecule has 0 heterocycles. The van der Waals surface area contributed by atoms with Crippen molar-refractivity contribution in [2.75, 3.05) is 6.26 Å². The van der Waals surface area contributed by atoms with Gasteiger partial charge in [0.1, 0.15) is 0 Å². The van der Waals surface area contributed by atoms with Gasteiger partial charge in [-0.05, 0) is 59.4 Å². The Kier molecular flexibility index (Phi) is 4.73. The highest BCUT2D eigenvalue weighted by atomic mass is 32.2. The Labute approximate surface area is 168 Å². The maximum Gasteiger partial charge on any atom is 0.416 e. The van der Waals surface area contributed by atoms with Gasteiger partial charge < -0.3 is 0 Å². The van der Waals surface area contributed by atoms with E-state index in [-0.39, 0.29) is 10.3 Å². The smallest absolute Gasteiger partial charge is 0.224 e. The predicted molar refractivity (Wildman–Crippen MR) is 108 cm³/mol. The van der Waals surface area contributed by atoms with Crippen molar-refractivity contribution in [3.05, 3.63) is 77.4 Å². The minimum atomic E-state index is -4.37. The lowest BCUT2D eigenvalue weighted by atomic mass is 9.88. The first-order valence-electron chi connectivity index (χ1n) is 9.52. The molecule has 0 amide bonds. The molecule has 0 N–H and O–H groups in total. The van der Waals surface area contributed by atoms with Crippen LogP contribution in [0, 0.1) is 5.41 Å². The molecule has 0 aromatic heterocycles. The number of hydrogen-bond acceptors (Lipinski definition) is 2. The van der Waals surface area contributed by atoms with E-state index in [0.29, 0.717) is 0 Å². The molecule has 0 unspecified atom stereocenters. The maximum absolute atomic E-state index is 12.9. The molecule has 2 nitrogen and oxygen atoms in total. The third-order valence-corrected chi connectivity index (χ3v) is 6.93. The second kappa shape index (κ2) is 6.87. The van der Waals surface area contributed by atoms with Crippen LogP contribution < -0.4 is 0 Å². The van der Waals surface area contributed by atoms with Gasteiger partial charge >= 0.3 is 6.18 Å². The summed E-state index contributed by atoms with van der Waals surface area (Å²) in [5, 5.41) is 0. The van der Waals surface area contributed by atoms with Gasteiger partial charge in [-0.3, -0.25) is 0 Å². The van der Waals surface area contributed by atoms with Gasteiger partial charge in [-0.2, -0.15) is 13.2 Å². The quantitative estimate of drug-likeness (QED) is 0.599. The molecule has 2 aromatic rings. The van der Waals surface area contributed by atoms with Crippen molar-refractivity contribution < 1.29 is 21.6 Å². The van der Waals surface area contributed by atoms with Crippen molar-refractivity contribution in [1.82, 2.24) is 0 Å². The van der Waals surface area contributed by atoms with E-state index in [1.807, 2.05) is 0 Å². The topological polar surface area (TPSA) is 34.1 Å². The fourth-order valence-electron chi connectivity index (χ4n) is 4.29. The Morgan fingerprint density at radius 3 is 1.66 bits per heavy atom. The molecule has 0 atom stereocenters. The summed E-state index contributed by atoms with van der Waals surface area (Å²) in [6.07, 6.45) is 5.46. The number of halogens is 3. The third kappa shape index (κ3) is 3.90. The van der Waals surface area contributed by atoms with Gasteiger partial charge in [0.2, 0.25) is 0 Å². The van der Waals surface area contributed by atoms with Gasteiger partial charge in [0, 0.05) is 11.7 Å². The van der Waals surface area contributed by atoms with E-state index in [1.54, 1.807) is 24.3 Å². The number of sulfone groups is 1.